The molecule has 0 aliphatic heterocycles. The van der Waals surface area contributed by atoms with E-state index in [4.69, 9.17) is 0 Å². The Morgan fingerprint density at radius 1 is 1.38 bits per heavy atom. The summed E-state index contributed by atoms with van der Waals surface area (Å²) in [5.41, 5.74) is 0. The van der Waals surface area contributed by atoms with Gasteiger partial charge in [-0.3, -0.25) is 0 Å². The Hall–Kier alpha value is -0.730. The Labute approximate surface area is 80.3 Å². The lowest BCUT2D eigenvalue weighted by Gasteiger charge is -2.25. The highest BCUT2D eigenvalue weighted by Gasteiger charge is 2.17. The molecule has 0 unspecified atom stereocenters. The minimum atomic E-state index is 0.000324. The summed E-state index contributed by atoms with van der Waals surface area (Å²) in [4.78, 5) is 11.1. The first-order chi connectivity index (χ1) is 6.33. The smallest absolute Gasteiger partial charge is 0.314 e. The summed E-state index contributed by atoms with van der Waals surface area (Å²) in [5.74, 6) is 0.747. The average molecular weight is 184 g/mol. The molecule has 13 heavy (non-hydrogen) atoms. The quantitative estimate of drug-likeness (QED) is 0.629. The first-order valence-electron chi connectivity index (χ1n) is 5.34. The van der Waals surface area contributed by atoms with Crippen molar-refractivity contribution in [3.8, 4) is 0 Å². The first-order valence-corrected chi connectivity index (χ1v) is 5.34. The van der Waals surface area contributed by atoms with Crippen molar-refractivity contribution < 1.29 is 4.79 Å². The van der Waals surface area contributed by atoms with Crippen LogP contribution >= 0.6 is 0 Å². The number of hydrogen-bond acceptors (Lipinski definition) is 1. The molecule has 1 aliphatic carbocycles. The molecule has 76 valence electrons. The lowest BCUT2D eigenvalue weighted by Crippen LogP contribution is -2.39. The highest BCUT2D eigenvalue weighted by atomic mass is 16.2. The zero-order valence-electron chi connectivity index (χ0n) is 8.44. The normalized spacial score (nSPS) is 16.4. The number of amides is 2. The summed E-state index contributed by atoms with van der Waals surface area (Å²) < 4.78 is 0. The van der Waals surface area contributed by atoms with Crippen LogP contribution in [-0.2, 0) is 0 Å². The lowest BCUT2D eigenvalue weighted by atomic mass is 9.85. The standard InChI is InChI=1S/C10H20N2O/c1-2-3-7-11-10(13)12-8-9-5-4-6-9/h9H,2-8H2,1H3,(H2,11,12,13). The molecule has 0 aromatic rings. The predicted octanol–water partition coefficient (Wildman–Crippen LogP) is 1.89. The molecule has 3 nitrogen and oxygen atoms in total. The average Bonchev–Trinajstić information content (AvgIpc) is 2.02. The number of unbranched alkanes of at least 4 members (excludes halogenated alkanes) is 1. The van der Waals surface area contributed by atoms with E-state index < -0.39 is 0 Å². The van der Waals surface area contributed by atoms with Gasteiger partial charge in [-0.2, -0.15) is 0 Å². The van der Waals surface area contributed by atoms with Crippen molar-refractivity contribution in [1.82, 2.24) is 10.6 Å². The minimum Gasteiger partial charge on any atom is -0.338 e. The van der Waals surface area contributed by atoms with E-state index in [0.29, 0.717) is 0 Å². The maximum absolute atomic E-state index is 11.1. The van der Waals surface area contributed by atoms with E-state index in [1.165, 1.54) is 19.3 Å². The van der Waals surface area contributed by atoms with Gasteiger partial charge < -0.3 is 10.6 Å². The SMILES string of the molecule is CCCCNC(=O)NCC1CCC1. The van der Waals surface area contributed by atoms with Crippen molar-refractivity contribution in [3.05, 3.63) is 0 Å². The molecule has 1 rings (SSSR count). The van der Waals surface area contributed by atoms with Gasteiger partial charge in [-0.05, 0) is 25.2 Å². The molecule has 2 amide bonds. The number of urea groups is 1. The third kappa shape index (κ3) is 4.15. The second kappa shape index (κ2) is 5.84. The van der Waals surface area contributed by atoms with Crippen LogP contribution in [0.1, 0.15) is 39.0 Å². The van der Waals surface area contributed by atoms with Gasteiger partial charge in [0.15, 0.2) is 0 Å². The van der Waals surface area contributed by atoms with Crippen LogP contribution in [0.5, 0.6) is 0 Å². The molecule has 2 N–H and O–H groups in total. The zero-order valence-corrected chi connectivity index (χ0v) is 8.44. The number of hydrogen-bond donors (Lipinski definition) is 2. The van der Waals surface area contributed by atoms with Crippen molar-refractivity contribution in [2.75, 3.05) is 13.1 Å². The zero-order chi connectivity index (χ0) is 9.52. The fourth-order valence-corrected chi connectivity index (χ4v) is 1.38. The fourth-order valence-electron chi connectivity index (χ4n) is 1.38. The van der Waals surface area contributed by atoms with Crippen LogP contribution < -0.4 is 10.6 Å². The van der Waals surface area contributed by atoms with Crippen molar-refractivity contribution in [2.45, 2.75) is 39.0 Å². The molecular weight excluding hydrogens is 164 g/mol. The van der Waals surface area contributed by atoms with Crippen LogP contribution in [0.15, 0.2) is 0 Å². The van der Waals surface area contributed by atoms with Gasteiger partial charge in [0.2, 0.25) is 0 Å². The molecule has 0 atom stereocenters. The highest BCUT2D eigenvalue weighted by molar-refractivity contribution is 5.73. The molecule has 0 aromatic carbocycles. The molecule has 0 bridgehead atoms. The van der Waals surface area contributed by atoms with Crippen molar-refractivity contribution in [3.63, 3.8) is 0 Å². The lowest BCUT2D eigenvalue weighted by molar-refractivity contribution is 0.232. The Morgan fingerprint density at radius 3 is 2.69 bits per heavy atom. The van der Waals surface area contributed by atoms with Crippen LogP contribution in [0.4, 0.5) is 4.79 Å². The molecule has 0 saturated heterocycles. The van der Waals surface area contributed by atoms with E-state index in [-0.39, 0.29) is 6.03 Å². The Bertz CT molecular complexity index is 155. The van der Waals surface area contributed by atoms with Gasteiger partial charge in [-0.25, -0.2) is 4.79 Å². The summed E-state index contributed by atoms with van der Waals surface area (Å²) in [6, 6.07) is 0.000324. The molecular formula is C10H20N2O. The summed E-state index contributed by atoms with van der Waals surface area (Å²) >= 11 is 0. The van der Waals surface area contributed by atoms with Crippen LogP contribution in [0.3, 0.4) is 0 Å². The van der Waals surface area contributed by atoms with Gasteiger partial charge in [-0.15, -0.1) is 0 Å². The molecule has 0 heterocycles. The number of carbonyl (C=O) groups is 1. The van der Waals surface area contributed by atoms with E-state index in [0.717, 1.165) is 31.8 Å². The van der Waals surface area contributed by atoms with Gasteiger partial charge in [0.05, 0.1) is 0 Å². The van der Waals surface area contributed by atoms with E-state index >= 15 is 0 Å². The van der Waals surface area contributed by atoms with Gasteiger partial charge in [-0.1, -0.05) is 19.8 Å². The van der Waals surface area contributed by atoms with Crippen molar-refractivity contribution >= 4 is 6.03 Å². The minimum absolute atomic E-state index is 0.000324. The molecule has 0 spiro atoms. The van der Waals surface area contributed by atoms with E-state index in [9.17, 15) is 4.79 Å². The molecule has 3 heteroatoms. The largest absolute Gasteiger partial charge is 0.338 e. The third-order valence-electron chi connectivity index (χ3n) is 2.59. The summed E-state index contributed by atoms with van der Waals surface area (Å²) in [6.45, 7) is 3.78. The van der Waals surface area contributed by atoms with Gasteiger partial charge in [0.25, 0.3) is 0 Å². The monoisotopic (exact) mass is 184 g/mol. The summed E-state index contributed by atoms with van der Waals surface area (Å²) in [5, 5.41) is 5.73. The second-order valence-electron chi connectivity index (χ2n) is 3.79. The Balaban J connectivity index is 1.90. The molecule has 0 aromatic heterocycles. The summed E-state index contributed by atoms with van der Waals surface area (Å²) in [6.07, 6.45) is 6.11. The molecule has 1 saturated carbocycles. The maximum Gasteiger partial charge on any atom is 0.314 e. The third-order valence-corrected chi connectivity index (χ3v) is 2.59. The second-order valence-corrected chi connectivity index (χ2v) is 3.79. The Kier molecular flexibility index (Phi) is 4.65. The van der Waals surface area contributed by atoms with E-state index in [1.807, 2.05) is 0 Å². The number of nitrogens with one attached hydrogen (secondary N) is 2. The van der Waals surface area contributed by atoms with Crippen molar-refractivity contribution in [1.29, 1.82) is 0 Å². The molecule has 1 fully saturated rings. The number of rotatable bonds is 5. The fraction of sp³-hybridized carbons (Fsp3) is 0.900. The van der Waals surface area contributed by atoms with Gasteiger partial charge >= 0.3 is 6.03 Å². The van der Waals surface area contributed by atoms with Crippen molar-refractivity contribution in [2.24, 2.45) is 5.92 Å². The van der Waals surface area contributed by atoms with Crippen LogP contribution in [0.25, 0.3) is 0 Å². The van der Waals surface area contributed by atoms with Gasteiger partial charge in [0.1, 0.15) is 0 Å². The Morgan fingerprint density at radius 2 is 2.15 bits per heavy atom. The highest BCUT2D eigenvalue weighted by Crippen LogP contribution is 2.24. The van der Waals surface area contributed by atoms with Crippen LogP contribution in [-0.4, -0.2) is 19.1 Å². The molecule has 0 radical (unpaired) electrons. The van der Waals surface area contributed by atoms with E-state index in [2.05, 4.69) is 17.6 Å². The summed E-state index contributed by atoms with van der Waals surface area (Å²) in [7, 11) is 0. The maximum atomic E-state index is 11.1. The predicted molar refractivity (Wildman–Crippen MR) is 53.7 cm³/mol. The number of carbonyl (C=O) groups excluding carboxylic acids is 1. The topological polar surface area (TPSA) is 41.1 Å². The van der Waals surface area contributed by atoms with E-state index in [1.54, 1.807) is 0 Å². The van der Waals surface area contributed by atoms with Gasteiger partial charge in [0, 0.05) is 13.1 Å². The van der Waals surface area contributed by atoms with Crippen LogP contribution in [0.2, 0.25) is 0 Å². The molecule has 1 aliphatic rings. The first kappa shape index (κ1) is 10.4. The van der Waals surface area contributed by atoms with Crippen LogP contribution in [0, 0.1) is 5.92 Å².